The molecule has 0 saturated heterocycles. The van der Waals surface area contributed by atoms with Crippen LogP contribution >= 0.6 is 27.7 Å². The molecule has 3 heteroatoms. The van der Waals surface area contributed by atoms with Crippen molar-refractivity contribution in [3.8, 4) is 0 Å². The summed E-state index contributed by atoms with van der Waals surface area (Å²) in [5, 5.41) is 1.13. The molecule has 2 aliphatic rings. The van der Waals surface area contributed by atoms with Gasteiger partial charge in [0.05, 0.1) is 0 Å². The fraction of sp³-hybridized carbons (Fsp3) is 0.625. The van der Waals surface area contributed by atoms with Gasteiger partial charge in [0.1, 0.15) is 0 Å². The molecule has 19 heavy (non-hydrogen) atoms. The third kappa shape index (κ3) is 3.20. The van der Waals surface area contributed by atoms with E-state index in [0.29, 0.717) is 0 Å². The van der Waals surface area contributed by atoms with Gasteiger partial charge in [0.25, 0.3) is 0 Å². The molecule has 1 aromatic carbocycles. The molecule has 0 aromatic heterocycles. The van der Waals surface area contributed by atoms with E-state index >= 15 is 0 Å². The highest BCUT2D eigenvalue weighted by molar-refractivity contribution is 9.09. The van der Waals surface area contributed by atoms with Crippen LogP contribution < -0.4 is 0 Å². The predicted molar refractivity (Wildman–Crippen MR) is 87.5 cm³/mol. The zero-order valence-corrected chi connectivity index (χ0v) is 13.8. The summed E-state index contributed by atoms with van der Waals surface area (Å²) in [6, 6.07) is 9.86. The number of nitrogens with zero attached hydrogens (tertiary/aromatic N) is 1. The molecule has 3 rings (SSSR count). The fourth-order valence-electron chi connectivity index (χ4n) is 3.10. The van der Waals surface area contributed by atoms with Crippen molar-refractivity contribution in [1.29, 1.82) is 0 Å². The lowest BCUT2D eigenvalue weighted by molar-refractivity contribution is 0.122. The quantitative estimate of drug-likeness (QED) is 0.701. The van der Waals surface area contributed by atoms with Gasteiger partial charge in [0.15, 0.2) is 0 Å². The van der Waals surface area contributed by atoms with Crippen LogP contribution in [0.1, 0.15) is 37.2 Å². The molecule has 0 N–H and O–H groups in total. The third-order valence-electron chi connectivity index (χ3n) is 4.42. The molecule has 1 nitrogen and oxygen atoms in total. The molecule has 0 amide bonds. The SMILES string of the molecule is BrCCCN(CC1CSc2ccccc21)C1CCC1. The van der Waals surface area contributed by atoms with E-state index in [-0.39, 0.29) is 0 Å². The van der Waals surface area contributed by atoms with Crippen molar-refractivity contribution >= 4 is 27.7 Å². The second-order valence-electron chi connectivity index (χ2n) is 5.67. The molecular weight excluding hydrogens is 318 g/mol. The maximum atomic E-state index is 3.57. The first-order valence-corrected chi connectivity index (χ1v) is 9.51. The van der Waals surface area contributed by atoms with E-state index in [0.717, 1.165) is 17.3 Å². The maximum absolute atomic E-state index is 3.57. The van der Waals surface area contributed by atoms with Gasteiger partial charge in [0.2, 0.25) is 0 Å². The van der Waals surface area contributed by atoms with Crippen LogP contribution in [0.4, 0.5) is 0 Å². The minimum Gasteiger partial charge on any atom is -0.300 e. The Morgan fingerprint density at radius 1 is 1.26 bits per heavy atom. The molecular formula is C16H22BrNS. The van der Waals surface area contributed by atoms with Crippen LogP contribution in [0.5, 0.6) is 0 Å². The van der Waals surface area contributed by atoms with Crippen molar-refractivity contribution in [3.05, 3.63) is 29.8 Å². The van der Waals surface area contributed by atoms with E-state index < -0.39 is 0 Å². The summed E-state index contributed by atoms with van der Waals surface area (Å²) in [5.74, 6) is 2.02. The first-order valence-electron chi connectivity index (χ1n) is 7.40. The first-order chi connectivity index (χ1) is 9.38. The Hall–Kier alpha value is 0.0100. The zero-order chi connectivity index (χ0) is 13.1. The van der Waals surface area contributed by atoms with Crippen LogP contribution in [0.2, 0.25) is 0 Å². The van der Waals surface area contributed by atoms with E-state index in [1.807, 2.05) is 11.8 Å². The van der Waals surface area contributed by atoms with Gasteiger partial charge < -0.3 is 0 Å². The van der Waals surface area contributed by atoms with Crippen LogP contribution in [-0.4, -0.2) is 35.1 Å². The van der Waals surface area contributed by atoms with Crippen LogP contribution in [0.25, 0.3) is 0 Å². The van der Waals surface area contributed by atoms with E-state index in [2.05, 4.69) is 45.1 Å². The minimum absolute atomic E-state index is 0.747. The Bertz CT molecular complexity index is 419. The van der Waals surface area contributed by atoms with E-state index in [9.17, 15) is 0 Å². The lowest BCUT2D eigenvalue weighted by atomic mass is 9.90. The van der Waals surface area contributed by atoms with E-state index in [1.165, 1.54) is 49.4 Å². The van der Waals surface area contributed by atoms with Crippen LogP contribution in [0, 0.1) is 0 Å². The molecule has 1 fully saturated rings. The molecule has 1 atom stereocenters. The molecule has 1 aromatic rings. The molecule has 1 aliphatic heterocycles. The maximum Gasteiger partial charge on any atom is 0.0108 e. The lowest BCUT2D eigenvalue weighted by Gasteiger charge is -2.39. The Labute approximate surface area is 129 Å². The highest BCUT2D eigenvalue weighted by Crippen LogP contribution is 2.40. The average molecular weight is 340 g/mol. The number of fused-ring (bicyclic) bond motifs is 1. The van der Waals surface area contributed by atoms with Gasteiger partial charge in [0, 0.05) is 34.5 Å². The highest BCUT2D eigenvalue weighted by atomic mass is 79.9. The summed E-state index contributed by atoms with van der Waals surface area (Å²) in [6.07, 6.45) is 5.55. The highest BCUT2D eigenvalue weighted by Gasteiger charge is 2.30. The number of thioether (sulfide) groups is 1. The Balaban J connectivity index is 1.65. The van der Waals surface area contributed by atoms with Gasteiger partial charge in [-0.3, -0.25) is 4.90 Å². The zero-order valence-electron chi connectivity index (χ0n) is 11.4. The number of halogens is 1. The van der Waals surface area contributed by atoms with Crippen LogP contribution in [0.3, 0.4) is 0 Å². The second kappa shape index (κ2) is 6.64. The monoisotopic (exact) mass is 339 g/mol. The van der Waals surface area contributed by atoms with Crippen molar-refractivity contribution in [2.75, 3.05) is 24.2 Å². The average Bonchev–Trinajstić information content (AvgIpc) is 2.77. The third-order valence-corrected chi connectivity index (χ3v) is 6.24. The molecule has 0 spiro atoms. The van der Waals surface area contributed by atoms with Gasteiger partial charge in [-0.05, 0) is 37.4 Å². The Morgan fingerprint density at radius 3 is 2.84 bits per heavy atom. The largest absolute Gasteiger partial charge is 0.300 e. The summed E-state index contributed by atoms with van der Waals surface area (Å²) >= 11 is 5.62. The molecule has 1 unspecified atom stereocenters. The standard InChI is InChI=1S/C16H22BrNS/c17-9-4-10-18(14-5-3-6-14)11-13-12-19-16-8-2-1-7-15(13)16/h1-2,7-8,13-14H,3-6,9-12H2. The molecule has 0 bridgehead atoms. The van der Waals surface area contributed by atoms with E-state index in [1.54, 1.807) is 5.56 Å². The summed E-state index contributed by atoms with van der Waals surface area (Å²) in [6.45, 7) is 2.53. The predicted octanol–water partition coefficient (Wildman–Crippen LogP) is 4.52. The topological polar surface area (TPSA) is 3.24 Å². The van der Waals surface area contributed by atoms with Crippen LogP contribution in [0.15, 0.2) is 29.2 Å². The summed E-state index contributed by atoms with van der Waals surface area (Å²) in [7, 11) is 0. The smallest absolute Gasteiger partial charge is 0.0108 e. The van der Waals surface area contributed by atoms with Gasteiger partial charge in [-0.25, -0.2) is 0 Å². The van der Waals surface area contributed by atoms with Crippen molar-refractivity contribution in [1.82, 2.24) is 4.90 Å². The number of rotatable bonds is 6. The number of benzene rings is 1. The number of hydrogen-bond donors (Lipinski definition) is 0. The summed E-state index contributed by atoms with van der Waals surface area (Å²) in [4.78, 5) is 4.28. The molecule has 1 saturated carbocycles. The summed E-state index contributed by atoms with van der Waals surface area (Å²) < 4.78 is 0. The number of alkyl halides is 1. The molecule has 104 valence electrons. The second-order valence-corrected chi connectivity index (χ2v) is 7.52. The van der Waals surface area contributed by atoms with Gasteiger partial charge in [-0.15, -0.1) is 11.8 Å². The van der Waals surface area contributed by atoms with Crippen molar-refractivity contribution < 1.29 is 0 Å². The normalized spacial score (nSPS) is 22.5. The Morgan fingerprint density at radius 2 is 2.11 bits per heavy atom. The Kier molecular flexibility index (Phi) is 4.88. The molecule has 0 radical (unpaired) electrons. The number of hydrogen-bond acceptors (Lipinski definition) is 2. The summed E-state index contributed by atoms with van der Waals surface area (Å²) in [5.41, 5.74) is 1.59. The molecule has 1 aliphatic carbocycles. The van der Waals surface area contributed by atoms with Crippen LogP contribution in [-0.2, 0) is 0 Å². The first kappa shape index (κ1) is 14.0. The molecule has 1 heterocycles. The van der Waals surface area contributed by atoms with Gasteiger partial charge in [-0.2, -0.15) is 0 Å². The van der Waals surface area contributed by atoms with Crippen molar-refractivity contribution in [2.24, 2.45) is 0 Å². The van der Waals surface area contributed by atoms with Gasteiger partial charge in [-0.1, -0.05) is 40.5 Å². The van der Waals surface area contributed by atoms with Gasteiger partial charge >= 0.3 is 0 Å². The lowest BCUT2D eigenvalue weighted by Crippen LogP contribution is -2.43. The van der Waals surface area contributed by atoms with Crippen molar-refractivity contribution in [3.63, 3.8) is 0 Å². The van der Waals surface area contributed by atoms with E-state index in [4.69, 9.17) is 0 Å². The van der Waals surface area contributed by atoms with Crippen molar-refractivity contribution in [2.45, 2.75) is 42.5 Å². The minimum atomic E-state index is 0.747. The fourth-order valence-corrected chi connectivity index (χ4v) is 4.59.